The summed E-state index contributed by atoms with van der Waals surface area (Å²) in [6, 6.07) is -0.0880. The molecule has 0 aromatic rings. The van der Waals surface area contributed by atoms with Crippen molar-refractivity contribution in [2.24, 2.45) is 5.92 Å². The Labute approximate surface area is 107 Å². The van der Waals surface area contributed by atoms with Gasteiger partial charge in [0.05, 0.1) is 0 Å². The Bertz CT molecular complexity index is 331. The third-order valence-corrected chi connectivity index (χ3v) is 4.33. The Hall–Kier alpha value is -1.26. The Morgan fingerprint density at radius 3 is 2.22 bits per heavy atom. The van der Waals surface area contributed by atoms with Crippen molar-refractivity contribution in [3.8, 4) is 0 Å². The Balaban J connectivity index is 1.92. The van der Waals surface area contributed by atoms with E-state index in [1.165, 1.54) is 0 Å². The van der Waals surface area contributed by atoms with Crippen molar-refractivity contribution < 1.29 is 14.7 Å². The van der Waals surface area contributed by atoms with Gasteiger partial charge in [0, 0.05) is 6.04 Å². The quantitative estimate of drug-likeness (QED) is 0.719. The number of carbonyl (C=O) groups excluding carboxylic acids is 1. The molecule has 0 saturated heterocycles. The fourth-order valence-electron chi connectivity index (χ4n) is 2.64. The molecule has 2 saturated carbocycles. The van der Waals surface area contributed by atoms with Gasteiger partial charge < -0.3 is 15.7 Å². The molecule has 2 fully saturated rings. The summed E-state index contributed by atoms with van der Waals surface area (Å²) in [6.07, 6.45) is 5.93. The number of carbonyl (C=O) groups is 2. The molecule has 18 heavy (non-hydrogen) atoms. The molecule has 2 aliphatic carbocycles. The van der Waals surface area contributed by atoms with Crippen molar-refractivity contribution in [3.05, 3.63) is 0 Å². The first-order valence-electron chi connectivity index (χ1n) is 6.84. The fourth-order valence-corrected chi connectivity index (χ4v) is 2.64. The van der Waals surface area contributed by atoms with Crippen LogP contribution >= 0.6 is 0 Å². The lowest BCUT2D eigenvalue weighted by Gasteiger charge is -2.37. The normalized spacial score (nSPS) is 32.4. The van der Waals surface area contributed by atoms with Crippen LogP contribution in [0.4, 0.5) is 4.79 Å². The number of hydrogen-bond donors (Lipinski definition) is 3. The minimum atomic E-state index is -1.06. The number of urea groups is 1. The lowest BCUT2D eigenvalue weighted by molar-refractivity contribution is -0.146. The highest BCUT2D eigenvalue weighted by atomic mass is 16.4. The maximum atomic E-state index is 11.8. The van der Waals surface area contributed by atoms with Crippen molar-refractivity contribution in [2.75, 3.05) is 0 Å². The molecule has 0 unspecified atom stereocenters. The maximum Gasteiger partial charge on any atom is 0.329 e. The van der Waals surface area contributed by atoms with Gasteiger partial charge in [0.15, 0.2) is 0 Å². The van der Waals surface area contributed by atoms with E-state index in [0.29, 0.717) is 18.8 Å². The molecule has 0 heterocycles. The summed E-state index contributed by atoms with van der Waals surface area (Å²) in [4.78, 5) is 23.3. The molecular weight excluding hydrogens is 232 g/mol. The zero-order chi connectivity index (χ0) is 13.2. The summed E-state index contributed by atoms with van der Waals surface area (Å²) >= 11 is 0. The van der Waals surface area contributed by atoms with E-state index in [4.69, 9.17) is 0 Å². The first-order chi connectivity index (χ1) is 8.52. The number of aliphatic carboxylic acids is 1. The van der Waals surface area contributed by atoms with Crippen LogP contribution in [0.15, 0.2) is 0 Å². The molecule has 5 nitrogen and oxygen atoms in total. The van der Waals surface area contributed by atoms with Gasteiger partial charge in [-0.3, -0.25) is 0 Å². The number of rotatable bonds is 3. The highest BCUT2D eigenvalue weighted by Gasteiger charge is 2.42. The van der Waals surface area contributed by atoms with Crippen molar-refractivity contribution in [1.29, 1.82) is 0 Å². The summed E-state index contributed by atoms with van der Waals surface area (Å²) in [6.45, 7) is 2.13. The lowest BCUT2D eigenvalue weighted by Crippen LogP contribution is -2.60. The molecule has 2 rings (SSSR count). The van der Waals surface area contributed by atoms with Gasteiger partial charge in [-0.05, 0) is 50.9 Å². The number of carboxylic acids is 1. The van der Waals surface area contributed by atoms with Crippen LogP contribution in [0.3, 0.4) is 0 Å². The second kappa shape index (κ2) is 5.16. The van der Waals surface area contributed by atoms with Gasteiger partial charge in [0.25, 0.3) is 0 Å². The third-order valence-electron chi connectivity index (χ3n) is 4.33. The maximum absolute atomic E-state index is 11.8. The van der Waals surface area contributed by atoms with Crippen LogP contribution in [0.5, 0.6) is 0 Å². The summed E-state index contributed by atoms with van der Waals surface area (Å²) < 4.78 is 0. The monoisotopic (exact) mass is 254 g/mol. The number of hydrogen-bond acceptors (Lipinski definition) is 2. The molecule has 0 aromatic heterocycles. The average molecular weight is 254 g/mol. The molecule has 2 aliphatic rings. The van der Waals surface area contributed by atoms with Crippen LogP contribution in [-0.4, -0.2) is 28.7 Å². The van der Waals surface area contributed by atoms with E-state index in [1.807, 2.05) is 0 Å². The highest BCUT2D eigenvalue weighted by Crippen LogP contribution is 2.32. The summed E-state index contributed by atoms with van der Waals surface area (Å²) in [5.74, 6) is -0.355. The molecule has 0 bridgehead atoms. The van der Waals surface area contributed by atoms with Crippen molar-refractivity contribution in [1.82, 2.24) is 10.6 Å². The highest BCUT2D eigenvalue weighted by molar-refractivity contribution is 5.86. The largest absolute Gasteiger partial charge is 0.480 e. The number of nitrogens with one attached hydrogen (secondary N) is 2. The zero-order valence-electron chi connectivity index (χ0n) is 10.9. The van der Waals surface area contributed by atoms with Gasteiger partial charge in [-0.15, -0.1) is 0 Å². The van der Waals surface area contributed by atoms with E-state index >= 15 is 0 Å². The van der Waals surface area contributed by atoms with Crippen LogP contribution in [-0.2, 0) is 4.79 Å². The standard InChI is InChI=1S/C13H22N2O3/c1-9-5-7-13(8-6-9,11(16)17)15-12(18)14-10-3-2-4-10/h9-10H,2-8H2,1H3,(H,16,17)(H2,14,15,18). The molecule has 0 spiro atoms. The van der Waals surface area contributed by atoms with E-state index in [-0.39, 0.29) is 12.1 Å². The Morgan fingerprint density at radius 1 is 1.17 bits per heavy atom. The average Bonchev–Trinajstić information content (AvgIpc) is 2.27. The van der Waals surface area contributed by atoms with Crippen LogP contribution in [0.1, 0.15) is 51.9 Å². The molecule has 2 amide bonds. The second-order valence-electron chi connectivity index (χ2n) is 5.80. The van der Waals surface area contributed by atoms with Crippen molar-refractivity contribution in [2.45, 2.75) is 63.5 Å². The molecule has 5 heteroatoms. The predicted molar refractivity (Wildman–Crippen MR) is 67.3 cm³/mol. The molecule has 0 atom stereocenters. The van der Waals surface area contributed by atoms with Crippen molar-refractivity contribution in [3.63, 3.8) is 0 Å². The van der Waals surface area contributed by atoms with Crippen LogP contribution in [0.2, 0.25) is 0 Å². The molecule has 0 aromatic carbocycles. The molecular formula is C13H22N2O3. The van der Waals surface area contributed by atoms with Gasteiger partial charge in [-0.25, -0.2) is 9.59 Å². The van der Waals surface area contributed by atoms with Gasteiger partial charge in [-0.1, -0.05) is 6.92 Å². The van der Waals surface area contributed by atoms with Crippen LogP contribution in [0, 0.1) is 5.92 Å². The third kappa shape index (κ3) is 2.76. The number of carboxylic acid groups (broad SMARTS) is 1. The minimum absolute atomic E-state index is 0.235. The SMILES string of the molecule is CC1CCC(NC(=O)NC2CCC2)(C(=O)O)CC1. The summed E-state index contributed by atoms with van der Waals surface area (Å²) in [5.41, 5.74) is -1.06. The first kappa shape index (κ1) is 13.2. The van der Waals surface area contributed by atoms with Crippen LogP contribution < -0.4 is 10.6 Å². The smallest absolute Gasteiger partial charge is 0.329 e. The summed E-state index contributed by atoms with van der Waals surface area (Å²) in [5, 5.41) is 14.9. The van der Waals surface area contributed by atoms with Gasteiger partial charge in [-0.2, -0.15) is 0 Å². The zero-order valence-corrected chi connectivity index (χ0v) is 10.9. The molecule has 0 aliphatic heterocycles. The van der Waals surface area contributed by atoms with Gasteiger partial charge in [0.2, 0.25) is 0 Å². The number of amides is 2. The summed E-state index contributed by atoms with van der Waals surface area (Å²) in [7, 11) is 0. The van der Waals surface area contributed by atoms with Gasteiger partial charge >= 0.3 is 12.0 Å². The lowest BCUT2D eigenvalue weighted by atomic mass is 9.77. The van der Waals surface area contributed by atoms with E-state index < -0.39 is 11.5 Å². The topological polar surface area (TPSA) is 78.4 Å². The van der Waals surface area contributed by atoms with Crippen molar-refractivity contribution >= 4 is 12.0 Å². The predicted octanol–water partition coefficient (Wildman–Crippen LogP) is 1.87. The van der Waals surface area contributed by atoms with E-state index in [1.54, 1.807) is 0 Å². The molecule has 0 radical (unpaired) electrons. The molecule has 3 N–H and O–H groups in total. The second-order valence-corrected chi connectivity index (χ2v) is 5.80. The molecule has 102 valence electrons. The van der Waals surface area contributed by atoms with E-state index in [0.717, 1.165) is 32.1 Å². The fraction of sp³-hybridized carbons (Fsp3) is 0.846. The Kier molecular flexibility index (Phi) is 3.78. The van der Waals surface area contributed by atoms with E-state index in [9.17, 15) is 14.7 Å². The van der Waals surface area contributed by atoms with Gasteiger partial charge in [0.1, 0.15) is 5.54 Å². The van der Waals surface area contributed by atoms with Crippen LogP contribution in [0.25, 0.3) is 0 Å². The van der Waals surface area contributed by atoms with E-state index in [2.05, 4.69) is 17.6 Å². The minimum Gasteiger partial charge on any atom is -0.480 e. The first-order valence-corrected chi connectivity index (χ1v) is 6.84. The Morgan fingerprint density at radius 2 is 1.78 bits per heavy atom.